The predicted octanol–water partition coefficient (Wildman–Crippen LogP) is 0.809. The highest BCUT2D eigenvalue weighted by molar-refractivity contribution is 4.59. The Morgan fingerprint density at radius 1 is 1.14 bits per heavy atom. The lowest BCUT2D eigenvalue weighted by molar-refractivity contribution is 0.0500. The van der Waals surface area contributed by atoms with Gasteiger partial charge >= 0.3 is 0 Å². The molecular weight excluding hydrogens is 184 g/mol. The maximum Gasteiger partial charge on any atom is 0.0701 e. The molecule has 4 heteroatoms. The molecule has 4 nitrogen and oxygen atoms in total. The molecule has 0 bridgehead atoms. The minimum absolute atomic E-state index is 0.0870. The van der Waals surface area contributed by atoms with Gasteiger partial charge in [0.05, 0.1) is 32.0 Å². The Hall–Kier alpha value is -0.160. The maximum absolute atomic E-state index is 8.83. The zero-order valence-electron chi connectivity index (χ0n) is 9.75. The summed E-state index contributed by atoms with van der Waals surface area (Å²) in [5, 5.41) is 17.0. The number of ether oxygens (including phenoxy) is 2. The fourth-order valence-corrected chi connectivity index (χ4v) is 0.309. The van der Waals surface area contributed by atoms with Crippen LogP contribution in [0.4, 0.5) is 0 Å². The number of aliphatic hydroxyl groups excluding tert-OH is 1. The lowest BCUT2D eigenvalue weighted by Gasteiger charge is -2.11. The van der Waals surface area contributed by atoms with Crippen LogP contribution in [0.1, 0.15) is 27.2 Å². The summed E-state index contributed by atoms with van der Waals surface area (Å²) in [6, 6.07) is 0. The lowest BCUT2D eigenvalue weighted by Crippen LogP contribution is -2.15. The summed E-state index contributed by atoms with van der Waals surface area (Å²) in [7, 11) is 1.61. The van der Waals surface area contributed by atoms with Gasteiger partial charge in [-0.2, -0.15) is 0 Å². The molecule has 14 heavy (non-hydrogen) atoms. The van der Waals surface area contributed by atoms with Gasteiger partial charge in [0.1, 0.15) is 0 Å². The number of hydrogen-bond donors (Lipinski definition) is 2. The Labute approximate surface area is 86.8 Å². The van der Waals surface area contributed by atoms with Gasteiger partial charge in [-0.05, 0) is 20.3 Å². The van der Waals surface area contributed by atoms with Gasteiger partial charge in [0.25, 0.3) is 0 Å². The molecule has 0 radical (unpaired) electrons. The van der Waals surface area contributed by atoms with E-state index in [1.54, 1.807) is 21.0 Å². The van der Waals surface area contributed by atoms with E-state index in [2.05, 4.69) is 4.74 Å². The highest BCUT2D eigenvalue weighted by atomic mass is 16.5. The van der Waals surface area contributed by atoms with Crippen molar-refractivity contribution < 1.29 is 19.7 Å². The van der Waals surface area contributed by atoms with E-state index in [4.69, 9.17) is 14.9 Å². The SMILES string of the molecule is CCC(C)(C)O.COCCOCCO. The molecule has 0 heterocycles. The zero-order chi connectivity index (χ0) is 11.4. The second-order valence-corrected chi connectivity index (χ2v) is 3.49. The van der Waals surface area contributed by atoms with Crippen LogP contribution in [-0.4, -0.2) is 49.4 Å². The third kappa shape index (κ3) is 22.6. The quantitative estimate of drug-likeness (QED) is 0.634. The minimum atomic E-state index is -0.458. The normalized spacial score (nSPS) is 10.7. The fourth-order valence-electron chi connectivity index (χ4n) is 0.309. The number of aliphatic hydroxyl groups is 2. The summed E-state index contributed by atoms with van der Waals surface area (Å²) in [6.07, 6.45) is 0.826. The van der Waals surface area contributed by atoms with Crippen molar-refractivity contribution in [3.8, 4) is 0 Å². The number of hydrogen-bond acceptors (Lipinski definition) is 4. The Morgan fingerprint density at radius 3 is 1.93 bits per heavy atom. The average Bonchev–Trinajstić information content (AvgIpc) is 2.13. The van der Waals surface area contributed by atoms with Crippen molar-refractivity contribution in [2.45, 2.75) is 32.8 Å². The molecule has 0 saturated carbocycles. The third-order valence-electron chi connectivity index (χ3n) is 1.53. The van der Waals surface area contributed by atoms with Crippen molar-refractivity contribution in [1.29, 1.82) is 0 Å². The van der Waals surface area contributed by atoms with Gasteiger partial charge in [-0.3, -0.25) is 0 Å². The van der Waals surface area contributed by atoms with E-state index in [9.17, 15) is 0 Å². The summed E-state index contributed by atoms with van der Waals surface area (Å²) in [4.78, 5) is 0. The first-order chi connectivity index (χ1) is 6.47. The highest BCUT2D eigenvalue weighted by Gasteiger charge is 2.05. The van der Waals surface area contributed by atoms with Gasteiger partial charge in [0, 0.05) is 7.11 Å². The van der Waals surface area contributed by atoms with Gasteiger partial charge in [0.15, 0.2) is 0 Å². The van der Waals surface area contributed by atoms with E-state index >= 15 is 0 Å². The standard InChI is InChI=1S/C5H12O3.C5H12O/c1-7-4-5-8-3-2-6;1-4-5(2,3)6/h6H,2-5H2,1H3;6H,4H2,1-3H3. The molecule has 0 saturated heterocycles. The Balaban J connectivity index is 0. The molecule has 0 aromatic carbocycles. The second kappa shape index (κ2) is 10.9. The van der Waals surface area contributed by atoms with Crippen LogP contribution in [0.5, 0.6) is 0 Å². The van der Waals surface area contributed by atoms with Crippen molar-refractivity contribution in [2.75, 3.05) is 33.5 Å². The Morgan fingerprint density at radius 2 is 1.64 bits per heavy atom. The van der Waals surface area contributed by atoms with Gasteiger partial charge in [-0.25, -0.2) is 0 Å². The van der Waals surface area contributed by atoms with E-state index in [-0.39, 0.29) is 6.61 Å². The first kappa shape index (κ1) is 16.3. The minimum Gasteiger partial charge on any atom is -0.394 e. The molecular formula is C10H24O4. The lowest BCUT2D eigenvalue weighted by atomic mass is 10.1. The molecule has 0 amide bonds. The summed E-state index contributed by atoms with van der Waals surface area (Å²) in [6.45, 7) is 7.21. The van der Waals surface area contributed by atoms with E-state index in [1.807, 2.05) is 6.92 Å². The fraction of sp³-hybridized carbons (Fsp3) is 1.00. The van der Waals surface area contributed by atoms with Gasteiger partial charge < -0.3 is 19.7 Å². The summed E-state index contributed by atoms with van der Waals surface area (Å²) in [5.74, 6) is 0. The zero-order valence-corrected chi connectivity index (χ0v) is 9.75. The smallest absolute Gasteiger partial charge is 0.0701 e. The Bertz CT molecular complexity index is 92.8. The van der Waals surface area contributed by atoms with Crippen LogP contribution in [0.2, 0.25) is 0 Å². The third-order valence-corrected chi connectivity index (χ3v) is 1.53. The van der Waals surface area contributed by atoms with Crippen LogP contribution in [0.3, 0.4) is 0 Å². The van der Waals surface area contributed by atoms with Gasteiger partial charge in [-0.1, -0.05) is 6.92 Å². The van der Waals surface area contributed by atoms with E-state index in [0.717, 1.165) is 6.42 Å². The van der Waals surface area contributed by atoms with Crippen molar-refractivity contribution in [1.82, 2.24) is 0 Å². The second-order valence-electron chi connectivity index (χ2n) is 3.49. The highest BCUT2D eigenvalue weighted by Crippen LogP contribution is 2.03. The molecule has 0 aliphatic rings. The summed E-state index contributed by atoms with van der Waals surface area (Å²) < 4.78 is 9.53. The van der Waals surface area contributed by atoms with Gasteiger partial charge in [0.2, 0.25) is 0 Å². The maximum atomic E-state index is 8.83. The molecule has 0 aliphatic heterocycles. The molecule has 0 rings (SSSR count). The van der Waals surface area contributed by atoms with Crippen LogP contribution in [0.25, 0.3) is 0 Å². The van der Waals surface area contributed by atoms with Crippen LogP contribution >= 0.6 is 0 Å². The first-order valence-corrected chi connectivity index (χ1v) is 4.87. The van der Waals surface area contributed by atoms with Crippen molar-refractivity contribution >= 4 is 0 Å². The number of rotatable bonds is 6. The van der Waals surface area contributed by atoms with Crippen molar-refractivity contribution in [3.63, 3.8) is 0 Å². The van der Waals surface area contributed by atoms with Crippen LogP contribution in [0.15, 0.2) is 0 Å². The predicted molar refractivity (Wildman–Crippen MR) is 56.4 cm³/mol. The Kier molecular flexibility index (Phi) is 12.7. The van der Waals surface area contributed by atoms with E-state index in [0.29, 0.717) is 19.8 Å². The molecule has 0 aliphatic carbocycles. The van der Waals surface area contributed by atoms with Crippen LogP contribution < -0.4 is 0 Å². The molecule has 0 aromatic heterocycles. The largest absolute Gasteiger partial charge is 0.394 e. The van der Waals surface area contributed by atoms with Crippen LogP contribution in [-0.2, 0) is 9.47 Å². The number of methoxy groups -OCH3 is 1. The molecule has 0 spiro atoms. The first-order valence-electron chi connectivity index (χ1n) is 4.87. The van der Waals surface area contributed by atoms with E-state index < -0.39 is 5.60 Å². The summed E-state index contributed by atoms with van der Waals surface area (Å²) in [5.41, 5.74) is -0.458. The van der Waals surface area contributed by atoms with Crippen LogP contribution in [0, 0.1) is 0 Å². The van der Waals surface area contributed by atoms with E-state index in [1.165, 1.54) is 0 Å². The molecule has 0 fully saturated rings. The molecule has 0 atom stereocenters. The molecule has 0 unspecified atom stereocenters. The monoisotopic (exact) mass is 208 g/mol. The average molecular weight is 208 g/mol. The molecule has 88 valence electrons. The molecule has 0 aromatic rings. The van der Waals surface area contributed by atoms with Crippen molar-refractivity contribution in [2.24, 2.45) is 0 Å². The molecule has 2 N–H and O–H groups in total. The topological polar surface area (TPSA) is 58.9 Å². The van der Waals surface area contributed by atoms with Crippen molar-refractivity contribution in [3.05, 3.63) is 0 Å². The summed E-state index contributed by atoms with van der Waals surface area (Å²) >= 11 is 0. The van der Waals surface area contributed by atoms with Gasteiger partial charge in [-0.15, -0.1) is 0 Å².